The van der Waals surface area contributed by atoms with Gasteiger partial charge in [-0.15, -0.1) is 0 Å². The molecular formula is C21H23ClIN3O2. The van der Waals surface area contributed by atoms with Gasteiger partial charge in [-0.05, 0) is 84.3 Å². The predicted molar refractivity (Wildman–Crippen MR) is 120 cm³/mol. The molecule has 3 aliphatic rings. The number of hydrogen-bond donors (Lipinski definition) is 2. The number of carbonyl (C=O) groups is 1. The van der Waals surface area contributed by atoms with Crippen molar-refractivity contribution < 1.29 is 9.53 Å². The van der Waals surface area contributed by atoms with Crippen LogP contribution in [0.25, 0.3) is 0 Å². The number of nitrogens with two attached hydrogens (primary N) is 1. The normalized spacial score (nSPS) is 23.4. The monoisotopic (exact) mass is 511 g/mol. The Kier molecular flexibility index (Phi) is 5.99. The maximum atomic E-state index is 13.1. The Balaban J connectivity index is 1.53. The quantitative estimate of drug-likeness (QED) is 0.472. The van der Waals surface area contributed by atoms with E-state index < -0.39 is 0 Å². The Bertz CT molecular complexity index is 884. The Morgan fingerprint density at radius 2 is 2.07 bits per heavy atom. The molecule has 5 nitrogen and oxygen atoms in total. The lowest BCUT2D eigenvalue weighted by atomic mass is 9.84. The van der Waals surface area contributed by atoms with Gasteiger partial charge in [-0.3, -0.25) is 4.79 Å². The van der Waals surface area contributed by atoms with Gasteiger partial charge in [0.2, 0.25) is 0 Å². The topological polar surface area (TPSA) is 67.6 Å². The van der Waals surface area contributed by atoms with Gasteiger partial charge in [-0.1, -0.05) is 23.7 Å². The van der Waals surface area contributed by atoms with Gasteiger partial charge >= 0.3 is 0 Å². The van der Waals surface area contributed by atoms with E-state index in [0.717, 1.165) is 41.6 Å². The molecule has 3 saturated heterocycles. The Morgan fingerprint density at radius 3 is 2.75 bits per heavy atom. The summed E-state index contributed by atoms with van der Waals surface area (Å²) in [4.78, 5) is 15.5. The van der Waals surface area contributed by atoms with Crippen LogP contribution in [-0.2, 0) is 6.61 Å². The summed E-state index contributed by atoms with van der Waals surface area (Å²) in [5, 5.41) is 3.62. The minimum atomic E-state index is -0.175. The van der Waals surface area contributed by atoms with Crippen LogP contribution in [-0.4, -0.2) is 36.5 Å². The van der Waals surface area contributed by atoms with Crippen LogP contribution in [0.2, 0.25) is 5.02 Å². The maximum Gasteiger partial charge on any atom is 0.255 e. The van der Waals surface area contributed by atoms with Crippen LogP contribution < -0.4 is 15.8 Å². The highest BCUT2D eigenvalue weighted by Gasteiger charge is 2.35. The zero-order chi connectivity index (χ0) is 19.7. The summed E-state index contributed by atoms with van der Waals surface area (Å²) >= 11 is 8.45. The maximum absolute atomic E-state index is 13.1. The van der Waals surface area contributed by atoms with Crippen molar-refractivity contribution in [1.82, 2.24) is 10.2 Å². The summed E-state index contributed by atoms with van der Waals surface area (Å²) in [6.45, 7) is 3.50. The van der Waals surface area contributed by atoms with Gasteiger partial charge in [0.05, 0.1) is 11.3 Å². The van der Waals surface area contributed by atoms with E-state index in [1.54, 1.807) is 12.1 Å². The van der Waals surface area contributed by atoms with E-state index in [9.17, 15) is 4.79 Å². The standard InChI is InChI=1S/C21H23ClIN3O2/c22-15-9-17(21(27)25-19-11-26-6-4-14(19)5-7-26)20(18(24)10-15)28-12-13-2-1-3-16(23)8-13/h1-3,8-10,14,19H,4-7,11-12,24H2,(H,25,27)/t19-/m1/s1. The number of piperidine rings is 3. The van der Waals surface area contributed by atoms with Crippen LogP contribution >= 0.6 is 34.2 Å². The van der Waals surface area contributed by atoms with Crippen LogP contribution in [0.5, 0.6) is 5.75 Å². The van der Waals surface area contributed by atoms with Gasteiger partial charge < -0.3 is 20.7 Å². The first kappa shape index (κ1) is 19.8. The SMILES string of the molecule is Nc1cc(Cl)cc(C(=O)N[C@@H]2CN3CCC2CC3)c1OCc1cccc(I)c1. The van der Waals surface area contributed by atoms with Crippen molar-refractivity contribution >= 4 is 45.8 Å². The molecule has 148 valence electrons. The number of amides is 1. The highest BCUT2D eigenvalue weighted by atomic mass is 127. The van der Waals surface area contributed by atoms with Crippen LogP contribution in [0.15, 0.2) is 36.4 Å². The van der Waals surface area contributed by atoms with Crippen LogP contribution in [0, 0.1) is 9.49 Å². The van der Waals surface area contributed by atoms with Crippen molar-refractivity contribution in [2.75, 3.05) is 25.4 Å². The smallest absolute Gasteiger partial charge is 0.255 e. The minimum absolute atomic E-state index is 0.166. The number of rotatable bonds is 5. The van der Waals surface area contributed by atoms with E-state index in [1.807, 2.05) is 24.3 Å². The van der Waals surface area contributed by atoms with Crippen LogP contribution in [0.1, 0.15) is 28.8 Å². The number of nitrogen functional groups attached to an aromatic ring is 1. The fraction of sp³-hybridized carbons (Fsp3) is 0.381. The summed E-state index contributed by atoms with van der Waals surface area (Å²) in [6, 6.07) is 11.5. The Hall–Kier alpha value is -1.51. The average Bonchev–Trinajstić information content (AvgIpc) is 2.68. The van der Waals surface area contributed by atoms with Crippen molar-refractivity contribution in [1.29, 1.82) is 0 Å². The molecule has 1 amide bonds. The molecule has 7 heteroatoms. The Morgan fingerprint density at radius 1 is 1.29 bits per heavy atom. The number of nitrogens with zero attached hydrogens (tertiary/aromatic N) is 1. The number of anilines is 1. The third-order valence-electron chi connectivity index (χ3n) is 5.57. The summed E-state index contributed by atoms with van der Waals surface area (Å²) in [5.74, 6) is 0.758. The van der Waals surface area contributed by atoms with Crippen LogP contribution in [0.3, 0.4) is 0 Å². The third-order valence-corrected chi connectivity index (χ3v) is 6.46. The largest absolute Gasteiger partial charge is 0.486 e. The van der Waals surface area contributed by atoms with E-state index in [0.29, 0.717) is 34.5 Å². The molecule has 3 aliphatic heterocycles. The fourth-order valence-corrected chi connectivity index (χ4v) is 4.94. The molecule has 5 rings (SSSR count). The minimum Gasteiger partial charge on any atom is -0.486 e. The molecule has 3 fully saturated rings. The lowest BCUT2D eigenvalue weighted by Gasteiger charge is -2.44. The molecule has 1 atom stereocenters. The second-order valence-corrected chi connectivity index (χ2v) is 9.19. The van der Waals surface area contributed by atoms with Crippen molar-refractivity contribution in [3.05, 3.63) is 56.1 Å². The van der Waals surface area contributed by atoms with Gasteiger partial charge in [0.1, 0.15) is 6.61 Å². The first-order valence-electron chi connectivity index (χ1n) is 9.49. The molecule has 2 bridgehead atoms. The first-order chi connectivity index (χ1) is 13.5. The van der Waals surface area contributed by atoms with E-state index in [2.05, 4.69) is 32.8 Å². The number of ether oxygens (including phenoxy) is 1. The molecule has 3 heterocycles. The van der Waals surface area contributed by atoms with E-state index in [4.69, 9.17) is 22.1 Å². The molecule has 0 spiro atoms. The lowest BCUT2D eigenvalue weighted by molar-refractivity contribution is 0.0618. The van der Waals surface area contributed by atoms with E-state index >= 15 is 0 Å². The fourth-order valence-electron chi connectivity index (χ4n) is 4.10. The number of halogens is 2. The zero-order valence-electron chi connectivity index (χ0n) is 15.5. The molecule has 2 aromatic rings. The number of carbonyl (C=O) groups excluding carboxylic acids is 1. The van der Waals surface area contributed by atoms with Crippen molar-refractivity contribution in [3.63, 3.8) is 0 Å². The molecule has 0 saturated carbocycles. The lowest BCUT2D eigenvalue weighted by Crippen LogP contribution is -2.57. The molecule has 0 radical (unpaired) electrons. The second-order valence-electron chi connectivity index (χ2n) is 7.51. The summed E-state index contributed by atoms with van der Waals surface area (Å²) in [5.41, 5.74) is 7.93. The number of fused-ring (bicyclic) bond motifs is 3. The van der Waals surface area contributed by atoms with Gasteiger partial charge in [-0.25, -0.2) is 0 Å². The molecule has 3 N–H and O–H groups in total. The number of benzene rings is 2. The van der Waals surface area contributed by atoms with Gasteiger partial charge in [0, 0.05) is 21.2 Å². The van der Waals surface area contributed by atoms with Gasteiger partial charge in [-0.2, -0.15) is 0 Å². The zero-order valence-corrected chi connectivity index (χ0v) is 18.4. The van der Waals surface area contributed by atoms with Crippen LogP contribution in [0.4, 0.5) is 5.69 Å². The average molecular weight is 512 g/mol. The summed E-state index contributed by atoms with van der Waals surface area (Å²) < 4.78 is 7.11. The van der Waals surface area contributed by atoms with Gasteiger partial charge in [0.15, 0.2) is 5.75 Å². The Labute approximate surface area is 183 Å². The van der Waals surface area contributed by atoms with E-state index in [1.165, 1.54) is 0 Å². The van der Waals surface area contributed by atoms with Crippen molar-refractivity contribution in [3.8, 4) is 5.75 Å². The molecule has 0 aromatic heterocycles. The molecule has 0 unspecified atom stereocenters. The van der Waals surface area contributed by atoms with Crippen molar-refractivity contribution in [2.24, 2.45) is 5.92 Å². The molecule has 0 aliphatic carbocycles. The summed E-state index contributed by atoms with van der Waals surface area (Å²) in [7, 11) is 0. The first-order valence-corrected chi connectivity index (χ1v) is 10.9. The van der Waals surface area contributed by atoms with Gasteiger partial charge in [0.25, 0.3) is 5.91 Å². The summed E-state index contributed by atoms with van der Waals surface area (Å²) in [6.07, 6.45) is 2.28. The molecule has 28 heavy (non-hydrogen) atoms. The number of nitrogens with one attached hydrogen (secondary N) is 1. The molecule has 2 aromatic carbocycles. The van der Waals surface area contributed by atoms with Crippen molar-refractivity contribution in [2.45, 2.75) is 25.5 Å². The number of hydrogen-bond acceptors (Lipinski definition) is 4. The van der Waals surface area contributed by atoms with E-state index in [-0.39, 0.29) is 11.9 Å². The predicted octanol–water partition coefficient (Wildman–Crippen LogP) is 3.93. The highest BCUT2D eigenvalue weighted by molar-refractivity contribution is 14.1. The second kappa shape index (κ2) is 8.47. The third kappa shape index (κ3) is 4.39. The highest BCUT2D eigenvalue weighted by Crippen LogP contribution is 2.33. The molecular weight excluding hydrogens is 489 g/mol.